The maximum atomic E-state index is 13.1. The Morgan fingerprint density at radius 2 is 1.86 bits per heavy atom. The van der Waals surface area contributed by atoms with Crippen molar-refractivity contribution >= 4 is 17.3 Å². The van der Waals surface area contributed by atoms with Crippen LogP contribution in [0.2, 0.25) is 5.02 Å². The van der Waals surface area contributed by atoms with Crippen molar-refractivity contribution in [3.05, 3.63) is 58.9 Å². The van der Waals surface area contributed by atoms with Gasteiger partial charge in [-0.1, -0.05) is 50.6 Å². The summed E-state index contributed by atoms with van der Waals surface area (Å²) in [4.78, 5) is 0. The summed E-state index contributed by atoms with van der Waals surface area (Å²) in [6, 6.07) is 12.6. The average molecular weight is 322 g/mol. The topological polar surface area (TPSA) is 21.3 Å². The number of rotatable bonds is 5. The van der Waals surface area contributed by atoms with E-state index in [2.05, 4.69) is 32.2 Å². The summed E-state index contributed by atoms with van der Waals surface area (Å²) in [5.41, 5.74) is 1.99. The Morgan fingerprint density at radius 1 is 1.14 bits per heavy atom. The Balaban J connectivity index is 1.90. The van der Waals surface area contributed by atoms with Crippen LogP contribution in [-0.2, 0) is 5.41 Å². The highest BCUT2D eigenvalue weighted by Crippen LogP contribution is 2.30. The molecule has 0 radical (unpaired) electrons. The lowest BCUT2D eigenvalue weighted by Crippen LogP contribution is -2.16. The first kappa shape index (κ1) is 16.6. The second kappa shape index (κ2) is 7.01. The molecule has 0 aliphatic rings. The summed E-state index contributed by atoms with van der Waals surface area (Å²) in [7, 11) is 0. The van der Waals surface area contributed by atoms with Gasteiger partial charge in [0.15, 0.2) is 0 Å². The molecule has 0 aliphatic heterocycles. The minimum Gasteiger partial charge on any atom is -0.491 e. The molecule has 0 amide bonds. The van der Waals surface area contributed by atoms with E-state index in [0.29, 0.717) is 13.2 Å². The van der Waals surface area contributed by atoms with Crippen LogP contribution in [0.15, 0.2) is 42.5 Å². The standard InChI is InChI=1S/C18H21ClFNO/c1-18(2,3)14-6-4-5-7-17(14)22-11-10-21-13-8-9-16(20)15(19)12-13/h4-9,12,21H,10-11H2,1-3H3. The van der Waals surface area contributed by atoms with Crippen molar-refractivity contribution in [3.8, 4) is 5.75 Å². The summed E-state index contributed by atoms with van der Waals surface area (Å²) in [6.45, 7) is 7.61. The summed E-state index contributed by atoms with van der Waals surface area (Å²) >= 11 is 5.75. The van der Waals surface area contributed by atoms with Gasteiger partial charge in [0.05, 0.1) is 5.02 Å². The third-order valence-corrected chi connectivity index (χ3v) is 3.59. The predicted octanol–water partition coefficient (Wildman–Crippen LogP) is 5.27. The van der Waals surface area contributed by atoms with Gasteiger partial charge in [-0.2, -0.15) is 0 Å². The normalized spacial score (nSPS) is 11.3. The molecule has 0 atom stereocenters. The fourth-order valence-electron chi connectivity index (χ4n) is 2.17. The number of nitrogens with one attached hydrogen (secondary N) is 1. The van der Waals surface area contributed by atoms with Crippen molar-refractivity contribution in [3.63, 3.8) is 0 Å². The first-order chi connectivity index (χ1) is 10.4. The zero-order valence-electron chi connectivity index (χ0n) is 13.1. The van der Waals surface area contributed by atoms with Gasteiger partial charge in [-0.05, 0) is 35.2 Å². The molecule has 0 saturated carbocycles. The highest BCUT2D eigenvalue weighted by atomic mass is 35.5. The molecule has 0 spiro atoms. The second-order valence-electron chi connectivity index (χ2n) is 6.15. The van der Waals surface area contributed by atoms with Crippen LogP contribution >= 0.6 is 11.6 Å². The highest BCUT2D eigenvalue weighted by Gasteiger charge is 2.18. The van der Waals surface area contributed by atoms with Gasteiger partial charge in [-0.15, -0.1) is 0 Å². The zero-order valence-corrected chi connectivity index (χ0v) is 13.9. The fourth-order valence-corrected chi connectivity index (χ4v) is 2.36. The molecule has 0 saturated heterocycles. The van der Waals surface area contributed by atoms with E-state index in [0.717, 1.165) is 11.4 Å². The molecule has 0 heterocycles. The minimum atomic E-state index is -0.414. The Labute approximate surface area is 136 Å². The summed E-state index contributed by atoms with van der Waals surface area (Å²) in [5.74, 6) is 0.483. The molecule has 0 aliphatic carbocycles. The molecule has 2 rings (SSSR count). The third kappa shape index (κ3) is 4.38. The van der Waals surface area contributed by atoms with Gasteiger partial charge in [0, 0.05) is 12.2 Å². The van der Waals surface area contributed by atoms with Gasteiger partial charge in [0.1, 0.15) is 18.2 Å². The summed E-state index contributed by atoms with van der Waals surface area (Å²) in [6.07, 6.45) is 0. The Bertz CT molecular complexity index is 637. The summed E-state index contributed by atoms with van der Waals surface area (Å²) < 4.78 is 18.9. The van der Waals surface area contributed by atoms with Gasteiger partial charge < -0.3 is 10.1 Å². The monoisotopic (exact) mass is 321 g/mol. The molecule has 118 valence electrons. The average Bonchev–Trinajstić information content (AvgIpc) is 2.46. The second-order valence-corrected chi connectivity index (χ2v) is 6.56. The number of benzene rings is 2. The molecule has 2 aromatic rings. The van der Waals surface area contributed by atoms with Crippen LogP contribution < -0.4 is 10.1 Å². The van der Waals surface area contributed by atoms with Crippen LogP contribution in [-0.4, -0.2) is 13.2 Å². The van der Waals surface area contributed by atoms with Crippen LogP contribution in [0.5, 0.6) is 5.75 Å². The largest absolute Gasteiger partial charge is 0.491 e. The molecule has 1 N–H and O–H groups in total. The van der Waals surface area contributed by atoms with Crippen molar-refractivity contribution in [1.29, 1.82) is 0 Å². The maximum absolute atomic E-state index is 13.1. The van der Waals surface area contributed by atoms with E-state index in [9.17, 15) is 4.39 Å². The first-order valence-electron chi connectivity index (χ1n) is 7.29. The Hall–Kier alpha value is -1.74. The van der Waals surface area contributed by atoms with Crippen molar-refractivity contribution in [2.24, 2.45) is 0 Å². The lowest BCUT2D eigenvalue weighted by Gasteiger charge is -2.22. The molecule has 2 nitrogen and oxygen atoms in total. The van der Waals surface area contributed by atoms with Crippen molar-refractivity contribution < 1.29 is 9.13 Å². The van der Waals surface area contributed by atoms with E-state index >= 15 is 0 Å². The predicted molar refractivity (Wildman–Crippen MR) is 90.5 cm³/mol. The van der Waals surface area contributed by atoms with E-state index in [4.69, 9.17) is 16.3 Å². The molecule has 4 heteroatoms. The smallest absolute Gasteiger partial charge is 0.141 e. The van der Waals surface area contributed by atoms with Gasteiger partial charge in [-0.25, -0.2) is 4.39 Å². The van der Waals surface area contributed by atoms with Crippen LogP contribution in [0.3, 0.4) is 0 Å². The third-order valence-electron chi connectivity index (χ3n) is 3.30. The molecular weight excluding hydrogens is 301 g/mol. The SMILES string of the molecule is CC(C)(C)c1ccccc1OCCNc1ccc(F)c(Cl)c1. The van der Waals surface area contributed by atoms with E-state index in [-0.39, 0.29) is 10.4 Å². The van der Waals surface area contributed by atoms with Crippen molar-refractivity contribution in [1.82, 2.24) is 0 Å². The number of hydrogen-bond acceptors (Lipinski definition) is 2. The van der Waals surface area contributed by atoms with Gasteiger partial charge >= 0.3 is 0 Å². The van der Waals surface area contributed by atoms with Crippen LogP contribution in [0.25, 0.3) is 0 Å². The fraction of sp³-hybridized carbons (Fsp3) is 0.333. The minimum absolute atomic E-state index is 0.0362. The van der Waals surface area contributed by atoms with E-state index in [1.54, 1.807) is 12.1 Å². The highest BCUT2D eigenvalue weighted by molar-refractivity contribution is 6.31. The van der Waals surface area contributed by atoms with Crippen LogP contribution in [0, 0.1) is 5.82 Å². The van der Waals surface area contributed by atoms with E-state index in [1.807, 2.05) is 18.2 Å². The lowest BCUT2D eigenvalue weighted by atomic mass is 9.86. The number of anilines is 1. The number of para-hydroxylation sites is 1. The molecule has 0 fully saturated rings. The molecule has 22 heavy (non-hydrogen) atoms. The first-order valence-corrected chi connectivity index (χ1v) is 7.67. The molecule has 0 bridgehead atoms. The number of hydrogen-bond donors (Lipinski definition) is 1. The molecule has 2 aromatic carbocycles. The van der Waals surface area contributed by atoms with Gasteiger partial charge in [0.2, 0.25) is 0 Å². The van der Waals surface area contributed by atoms with Crippen molar-refractivity contribution in [2.75, 3.05) is 18.5 Å². The Kier molecular flexibility index (Phi) is 5.30. The maximum Gasteiger partial charge on any atom is 0.141 e. The van der Waals surface area contributed by atoms with Crippen LogP contribution in [0.1, 0.15) is 26.3 Å². The van der Waals surface area contributed by atoms with Crippen molar-refractivity contribution in [2.45, 2.75) is 26.2 Å². The number of ether oxygens (including phenoxy) is 1. The molecule has 0 aromatic heterocycles. The molecular formula is C18H21ClFNO. The molecule has 0 unspecified atom stereocenters. The van der Waals surface area contributed by atoms with E-state index in [1.165, 1.54) is 11.6 Å². The summed E-state index contributed by atoms with van der Waals surface area (Å²) in [5, 5.41) is 3.28. The van der Waals surface area contributed by atoms with E-state index < -0.39 is 5.82 Å². The lowest BCUT2D eigenvalue weighted by molar-refractivity contribution is 0.323. The Morgan fingerprint density at radius 3 is 2.55 bits per heavy atom. The van der Waals surface area contributed by atoms with Gasteiger partial charge in [-0.3, -0.25) is 0 Å². The van der Waals surface area contributed by atoms with Crippen LogP contribution in [0.4, 0.5) is 10.1 Å². The number of halogens is 2. The quantitative estimate of drug-likeness (QED) is 0.758. The zero-order chi connectivity index (χ0) is 16.2. The van der Waals surface area contributed by atoms with Gasteiger partial charge in [0.25, 0.3) is 0 Å².